The molecule has 3 aromatic heterocycles. The number of aromatic nitrogens is 4. The van der Waals surface area contributed by atoms with Gasteiger partial charge in [-0.2, -0.15) is 4.98 Å². The Bertz CT molecular complexity index is 1440. The molecule has 0 saturated heterocycles. The van der Waals surface area contributed by atoms with Gasteiger partial charge in [-0.05, 0) is 24.1 Å². The number of carbonyl (C=O) groups is 2. The molecule has 0 radical (unpaired) electrons. The zero-order valence-electron chi connectivity index (χ0n) is 18.6. The predicted molar refractivity (Wildman–Crippen MR) is 125 cm³/mol. The van der Waals surface area contributed by atoms with Crippen LogP contribution < -0.4 is 14.8 Å². The lowest BCUT2D eigenvalue weighted by molar-refractivity contribution is -0.122. The van der Waals surface area contributed by atoms with Gasteiger partial charge < -0.3 is 14.0 Å². The molecule has 34 heavy (non-hydrogen) atoms. The zero-order valence-corrected chi connectivity index (χ0v) is 18.6. The van der Waals surface area contributed by atoms with E-state index in [1.165, 1.54) is 26.0 Å². The number of carbonyl (C=O) groups excluding carboxylic acids is 2. The molecule has 0 spiro atoms. The normalized spacial score (nSPS) is 13.5. The predicted octanol–water partition coefficient (Wildman–Crippen LogP) is 2.65. The van der Waals surface area contributed by atoms with Crippen LogP contribution in [0.25, 0.3) is 22.2 Å². The van der Waals surface area contributed by atoms with Gasteiger partial charge in [0.05, 0.1) is 30.9 Å². The fourth-order valence-corrected chi connectivity index (χ4v) is 4.13. The number of rotatable bonds is 7. The number of amides is 2. The van der Waals surface area contributed by atoms with Crippen molar-refractivity contribution in [2.75, 3.05) is 14.2 Å². The maximum Gasteiger partial charge on any atom is 0.319 e. The van der Waals surface area contributed by atoms with Crippen LogP contribution in [0.2, 0.25) is 0 Å². The number of imide groups is 1. The summed E-state index contributed by atoms with van der Waals surface area (Å²) in [7, 11) is 2.86. The van der Waals surface area contributed by atoms with Gasteiger partial charge in [0.1, 0.15) is 5.65 Å². The first-order chi connectivity index (χ1) is 16.6. The summed E-state index contributed by atoms with van der Waals surface area (Å²) in [6.45, 7) is 0.657. The Labute approximate surface area is 195 Å². The molecule has 0 fully saturated rings. The highest BCUT2D eigenvalue weighted by Crippen LogP contribution is 2.38. The number of hydrogen-bond donors (Lipinski definition) is 1. The smallest absolute Gasteiger partial charge is 0.319 e. The van der Waals surface area contributed by atoms with Crippen molar-refractivity contribution >= 4 is 34.0 Å². The van der Waals surface area contributed by atoms with E-state index in [0.717, 1.165) is 17.5 Å². The number of nitrogens with one attached hydrogen (secondary N) is 1. The van der Waals surface area contributed by atoms with Crippen LogP contribution in [0.3, 0.4) is 0 Å². The van der Waals surface area contributed by atoms with Crippen molar-refractivity contribution in [3.05, 3.63) is 77.7 Å². The number of nitrogens with zero attached hydrogens (tertiary/aromatic N) is 4. The molecule has 1 aromatic carbocycles. The number of fused-ring (bicyclic) bond motifs is 1. The molecule has 2 amide bonds. The minimum Gasteiger partial charge on any atom is -0.480 e. The number of benzene rings is 1. The van der Waals surface area contributed by atoms with Crippen molar-refractivity contribution in [3.63, 3.8) is 0 Å². The largest absolute Gasteiger partial charge is 0.480 e. The quantitative estimate of drug-likeness (QED) is 0.427. The van der Waals surface area contributed by atoms with Gasteiger partial charge in [0.15, 0.2) is 0 Å². The second-order valence-corrected chi connectivity index (χ2v) is 7.66. The lowest BCUT2D eigenvalue weighted by atomic mass is 9.97. The van der Waals surface area contributed by atoms with Crippen molar-refractivity contribution in [3.8, 4) is 11.9 Å². The summed E-state index contributed by atoms with van der Waals surface area (Å²) in [5.74, 6) is -0.903. The maximum atomic E-state index is 13.0. The Kier molecular flexibility index (Phi) is 5.51. The van der Waals surface area contributed by atoms with E-state index in [9.17, 15) is 9.59 Å². The van der Waals surface area contributed by atoms with E-state index in [1.54, 1.807) is 12.3 Å². The monoisotopic (exact) mass is 455 g/mol. The molecule has 0 aliphatic carbocycles. The van der Waals surface area contributed by atoms with Crippen molar-refractivity contribution in [1.29, 1.82) is 0 Å². The zero-order chi connectivity index (χ0) is 23.7. The summed E-state index contributed by atoms with van der Waals surface area (Å²) in [6.07, 6.45) is 5.79. The van der Waals surface area contributed by atoms with Gasteiger partial charge in [-0.1, -0.05) is 30.3 Å². The van der Waals surface area contributed by atoms with Crippen molar-refractivity contribution < 1.29 is 19.1 Å². The Morgan fingerprint density at radius 2 is 1.68 bits per heavy atom. The minimum absolute atomic E-state index is 0.0918. The fraction of sp³-hybridized carbons (Fsp3) is 0.160. The number of methoxy groups -OCH3 is 2. The number of hydrogen-bond acceptors (Lipinski definition) is 7. The first-order valence-electron chi connectivity index (χ1n) is 10.6. The van der Waals surface area contributed by atoms with E-state index in [1.807, 2.05) is 35.0 Å². The molecule has 1 aliphatic heterocycles. The van der Waals surface area contributed by atoms with Crippen LogP contribution in [0, 0.1) is 0 Å². The molecule has 4 aromatic rings. The minimum atomic E-state index is -0.541. The van der Waals surface area contributed by atoms with E-state index >= 15 is 0 Å². The number of pyridine rings is 1. The van der Waals surface area contributed by atoms with Crippen LogP contribution in [0.5, 0.6) is 11.9 Å². The van der Waals surface area contributed by atoms with Crippen LogP contribution in [0.15, 0.2) is 61.1 Å². The van der Waals surface area contributed by atoms with E-state index in [0.29, 0.717) is 17.7 Å². The molecule has 9 heteroatoms. The van der Waals surface area contributed by atoms with Gasteiger partial charge in [-0.3, -0.25) is 14.9 Å². The van der Waals surface area contributed by atoms with E-state index in [4.69, 9.17) is 9.47 Å². The average molecular weight is 455 g/mol. The Hall–Kier alpha value is -4.53. The highest BCUT2D eigenvalue weighted by atomic mass is 16.5. The van der Waals surface area contributed by atoms with Crippen LogP contribution >= 0.6 is 0 Å². The third-order valence-electron chi connectivity index (χ3n) is 5.70. The van der Waals surface area contributed by atoms with Gasteiger partial charge in [-0.15, -0.1) is 0 Å². The van der Waals surface area contributed by atoms with E-state index < -0.39 is 11.8 Å². The molecule has 170 valence electrons. The van der Waals surface area contributed by atoms with Gasteiger partial charge in [0, 0.05) is 36.1 Å². The summed E-state index contributed by atoms with van der Waals surface area (Å²) in [4.78, 5) is 38.7. The highest BCUT2D eigenvalue weighted by molar-refractivity contribution is 6.50. The van der Waals surface area contributed by atoms with Crippen molar-refractivity contribution in [2.24, 2.45) is 0 Å². The molecule has 1 aliphatic rings. The van der Waals surface area contributed by atoms with Crippen molar-refractivity contribution in [1.82, 2.24) is 24.8 Å². The van der Waals surface area contributed by atoms with E-state index in [-0.39, 0.29) is 23.0 Å². The Balaban J connectivity index is 1.66. The summed E-state index contributed by atoms with van der Waals surface area (Å²) < 4.78 is 12.4. The summed E-state index contributed by atoms with van der Waals surface area (Å²) in [5, 5.41) is 3.17. The van der Waals surface area contributed by atoms with Crippen LogP contribution in [-0.2, 0) is 22.6 Å². The van der Waals surface area contributed by atoms with Crippen molar-refractivity contribution in [2.45, 2.75) is 13.0 Å². The fourth-order valence-electron chi connectivity index (χ4n) is 4.13. The topological polar surface area (TPSA) is 108 Å². The van der Waals surface area contributed by atoms with Gasteiger partial charge in [0.2, 0.25) is 5.88 Å². The van der Waals surface area contributed by atoms with Crippen LogP contribution in [-0.4, -0.2) is 45.6 Å². The first-order valence-corrected chi connectivity index (χ1v) is 10.6. The Morgan fingerprint density at radius 3 is 2.41 bits per heavy atom. The molecule has 0 saturated carbocycles. The lowest BCUT2D eigenvalue weighted by Crippen LogP contribution is -2.23. The molecular weight excluding hydrogens is 434 g/mol. The number of ether oxygens (including phenoxy) is 2. The van der Waals surface area contributed by atoms with Crippen LogP contribution in [0.1, 0.15) is 16.7 Å². The summed E-state index contributed by atoms with van der Waals surface area (Å²) in [6, 6.07) is 13.9. The SMILES string of the molecule is COc1ncc(C2=C(c3cn(CCc4ccccc4)c4ncccc34)C(=O)NC2=O)c(OC)n1. The van der Waals surface area contributed by atoms with Crippen LogP contribution in [0.4, 0.5) is 0 Å². The van der Waals surface area contributed by atoms with Gasteiger partial charge >= 0.3 is 6.01 Å². The summed E-state index contributed by atoms with van der Waals surface area (Å²) in [5.41, 5.74) is 3.20. The van der Waals surface area contributed by atoms with Gasteiger partial charge in [0.25, 0.3) is 11.8 Å². The molecule has 5 rings (SSSR count). The van der Waals surface area contributed by atoms with E-state index in [2.05, 4.69) is 32.4 Å². The van der Waals surface area contributed by atoms with Gasteiger partial charge in [-0.25, -0.2) is 9.97 Å². The molecule has 0 atom stereocenters. The second kappa shape index (κ2) is 8.78. The second-order valence-electron chi connectivity index (χ2n) is 7.66. The molecule has 1 N–H and O–H groups in total. The molecular formula is C25H21N5O4. The third kappa shape index (κ3) is 3.66. The molecule has 9 nitrogen and oxygen atoms in total. The molecule has 4 heterocycles. The highest BCUT2D eigenvalue weighted by Gasteiger charge is 2.36. The maximum absolute atomic E-state index is 13.0. The lowest BCUT2D eigenvalue weighted by Gasteiger charge is -2.09. The molecule has 0 unspecified atom stereocenters. The Morgan fingerprint density at radius 1 is 0.912 bits per heavy atom. The molecule has 0 bridgehead atoms. The standard InChI is InChI=1S/C25H21N5O4/c1-33-24-17(13-27-25(29-24)34-2)19-20(23(32)28-22(19)31)18-14-30(21-16(18)9-6-11-26-21)12-10-15-7-4-3-5-8-15/h3-9,11,13-14H,10,12H2,1-2H3,(H,28,31,32). The first kappa shape index (κ1) is 21.3. The number of aryl methyl sites for hydroxylation is 2. The third-order valence-corrected chi connectivity index (χ3v) is 5.70. The average Bonchev–Trinajstić information content (AvgIpc) is 3.38. The summed E-state index contributed by atoms with van der Waals surface area (Å²) >= 11 is 0.